The number of hydrogen-bond acceptors (Lipinski definition) is 3. The summed E-state index contributed by atoms with van der Waals surface area (Å²) < 4.78 is 11.0. The zero-order chi connectivity index (χ0) is 12.8. The lowest BCUT2D eigenvalue weighted by Crippen LogP contribution is -2.40. The van der Waals surface area contributed by atoms with E-state index in [9.17, 15) is 4.79 Å². The molecule has 1 N–H and O–H groups in total. The number of benzene rings is 1. The predicted octanol–water partition coefficient (Wildman–Crippen LogP) is 1.75. The molecule has 1 amide bonds. The van der Waals surface area contributed by atoms with E-state index < -0.39 is 6.10 Å². The van der Waals surface area contributed by atoms with E-state index >= 15 is 0 Å². The van der Waals surface area contributed by atoms with Gasteiger partial charge in [0.15, 0.2) is 6.10 Å². The molecular weight excluding hydrogens is 230 g/mol. The Morgan fingerprint density at radius 1 is 1.50 bits per heavy atom. The molecule has 18 heavy (non-hydrogen) atoms. The summed E-state index contributed by atoms with van der Waals surface area (Å²) in [6.45, 7) is 3.12. The average Bonchev–Trinajstić information content (AvgIpc) is 2.90. The van der Waals surface area contributed by atoms with E-state index in [4.69, 9.17) is 9.47 Å². The molecule has 4 heteroatoms. The van der Waals surface area contributed by atoms with Crippen molar-refractivity contribution in [2.75, 3.05) is 13.2 Å². The minimum absolute atomic E-state index is 0.102. The predicted molar refractivity (Wildman–Crippen MR) is 68.5 cm³/mol. The minimum Gasteiger partial charge on any atom is -0.481 e. The number of amides is 1. The second-order valence-electron chi connectivity index (χ2n) is 4.45. The van der Waals surface area contributed by atoms with Crippen molar-refractivity contribution in [3.05, 3.63) is 30.3 Å². The second-order valence-corrected chi connectivity index (χ2v) is 4.45. The van der Waals surface area contributed by atoms with Crippen molar-refractivity contribution in [1.82, 2.24) is 5.32 Å². The maximum Gasteiger partial charge on any atom is 0.260 e. The molecule has 0 unspecified atom stereocenters. The second kappa shape index (κ2) is 6.40. The van der Waals surface area contributed by atoms with E-state index in [1.165, 1.54) is 0 Å². The molecule has 1 aromatic carbocycles. The quantitative estimate of drug-likeness (QED) is 0.864. The van der Waals surface area contributed by atoms with Crippen LogP contribution in [0.5, 0.6) is 5.75 Å². The van der Waals surface area contributed by atoms with Gasteiger partial charge >= 0.3 is 0 Å². The number of rotatable bonds is 5. The fraction of sp³-hybridized carbons (Fsp3) is 0.500. The summed E-state index contributed by atoms with van der Waals surface area (Å²) in [7, 11) is 0. The third-order valence-corrected chi connectivity index (χ3v) is 2.95. The van der Waals surface area contributed by atoms with Crippen molar-refractivity contribution in [2.24, 2.45) is 0 Å². The molecule has 2 atom stereocenters. The van der Waals surface area contributed by atoms with Crippen LogP contribution in [0.1, 0.15) is 19.8 Å². The van der Waals surface area contributed by atoms with Gasteiger partial charge in [0, 0.05) is 13.2 Å². The molecule has 4 nitrogen and oxygen atoms in total. The Balaban J connectivity index is 1.74. The Bertz CT molecular complexity index is 374. The number of para-hydroxylation sites is 1. The summed E-state index contributed by atoms with van der Waals surface area (Å²) in [6.07, 6.45) is 1.77. The largest absolute Gasteiger partial charge is 0.481 e. The molecule has 1 aliphatic rings. The van der Waals surface area contributed by atoms with Crippen LogP contribution in [0.2, 0.25) is 0 Å². The summed E-state index contributed by atoms with van der Waals surface area (Å²) in [5, 5.41) is 2.86. The van der Waals surface area contributed by atoms with Crippen molar-refractivity contribution >= 4 is 5.91 Å². The first-order valence-corrected chi connectivity index (χ1v) is 6.37. The number of carbonyl (C=O) groups excluding carboxylic acids is 1. The molecule has 2 rings (SSSR count). The summed E-state index contributed by atoms with van der Waals surface area (Å²) in [4.78, 5) is 11.8. The first-order valence-electron chi connectivity index (χ1n) is 6.37. The molecular formula is C14H19NO3. The molecule has 1 heterocycles. The molecule has 0 spiro atoms. The Kier molecular flexibility index (Phi) is 4.59. The fourth-order valence-electron chi connectivity index (χ4n) is 1.92. The van der Waals surface area contributed by atoms with Gasteiger partial charge in [-0.3, -0.25) is 4.79 Å². The topological polar surface area (TPSA) is 47.6 Å². The summed E-state index contributed by atoms with van der Waals surface area (Å²) in [6, 6.07) is 9.35. The molecule has 0 bridgehead atoms. The number of nitrogens with one attached hydrogen (secondary N) is 1. The van der Waals surface area contributed by atoms with E-state index in [0.29, 0.717) is 12.3 Å². The summed E-state index contributed by atoms with van der Waals surface area (Å²) in [5.74, 6) is 0.603. The van der Waals surface area contributed by atoms with Crippen molar-refractivity contribution in [3.8, 4) is 5.75 Å². The molecule has 1 aromatic rings. The van der Waals surface area contributed by atoms with Crippen LogP contribution < -0.4 is 10.1 Å². The molecule has 1 saturated heterocycles. The molecule has 98 valence electrons. The molecule has 0 radical (unpaired) electrons. The number of hydrogen-bond donors (Lipinski definition) is 1. The van der Waals surface area contributed by atoms with Crippen molar-refractivity contribution in [2.45, 2.75) is 32.0 Å². The summed E-state index contributed by atoms with van der Waals surface area (Å²) >= 11 is 0. The number of ether oxygens (including phenoxy) is 2. The van der Waals surface area contributed by atoms with Gasteiger partial charge in [-0.15, -0.1) is 0 Å². The zero-order valence-electron chi connectivity index (χ0n) is 10.6. The smallest absolute Gasteiger partial charge is 0.260 e. The van der Waals surface area contributed by atoms with Crippen LogP contribution in [0, 0.1) is 0 Å². The normalized spacial score (nSPS) is 20.4. The van der Waals surface area contributed by atoms with Crippen molar-refractivity contribution in [1.29, 1.82) is 0 Å². The van der Waals surface area contributed by atoms with Crippen LogP contribution >= 0.6 is 0 Å². The lowest BCUT2D eigenvalue weighted by Gasteiger charge is -2.16. The monoisotopic (exact) mass is 249 g/mol. The minimum atomic E-state index is -0.492. The lowest BCUT2D eigenvalue weighted by molar-refractivity contribution is -0.127. The van der Waals surface area contributed by atoms with Gasteiger partial charge in [-0.2, -0.15) is 0 Å². The van der Waals surface area contributed by atoms with Crippen molar-refractivity contribution < 1.29 is 14.3 Å². The zero-order valence-corrected chi connectivity index (χ0v) is 10.6. The van der Waals surface area contributed by atoms with Crippen molar-refractivity contribution in [3.63, 3.8) is 0 Å². The molecule has 0 aromatic heterocycles. The molecule has 1 aliphatic heterocycles. The van der Waals surface area contributed by atoms with Gasteiger partial charge in [-0.05, 0) is 31.9 Å². The Morgan fingerprint density at radius 2 is 2.28 bits per heavy atom. The molecule has 1 fully saturated rings. The van der Waals surface area contributed by atoms with Gasteiger partial charge in [0.05, 0.1) is 6.10 Å². The lowest BCUT2D eigenvalue weighted by atomic mass is 10.2. The maximum atomic E-state index is 11.8. The van der Waals surface area contributed by atoms with Crippen LogP contribution in [0.4, 0.5) is 0 Å². The third kappa shape index (κ3) is 3.74. The highest BCUT2D eigenvalue weighted by Crippen LogP contribution is 2.12. The first kappa shape index (κ1) is 12.9. The van der Waals surface area contributed by atoms with Crippen LogP contribution in [0.15, 0.2) is 30.3 Å². The van der Waals surface area contributed by atoms with E-state index in [-0.39, 0.29) is 12.0 Å². The molecule has 0 aliphatic carbocycles. The fourth-order valence-corrected chi connectivity index (χ4v) is 1.92. The van der Waals surface area contributed by atoms with E-state index in [1.807, 2.05) is 30.3 Å². The standard InChI is InChI=1S/C14H19NO3/c1-11(18-12-6-3-2-4-7-12)14(16)15-10-13-8-5-9-17-13/h2-4,6-7,11,13H,5,8-10H2,1H3,(H,15,16)/t11-,13-/m0/s1. The van der Waals surface area contributed by atoms with Crippen LogP contribution in [-0.2, 0) is 9.53 Å². The van der Waals surface area contributed by atoms with E-state index in [2.05, 4.69) is 5.32 Å². The van der Waals surface area contributed by atoms with E-state index in [1.54, 1.807) is 6.92 Å². The Hall–Kier alpha value is -1.55. The van der Waals surface area contributed by atoms with Crippen LogP contribution in [-0.4, -0.2) is 31.3 Å². The SMILES string of the molecule is C[C@H](Oc1ccccc1)C(=O)NC[C@@H]1CCCO1. The average molecular weight is 249 g/mol. The maximum absolute atomic E-state index is 11.8. The number of carbonyl (C=O) groups is 1. The van der Waals surface area contributed by atoms with Gasteiger partial charge in [0.1, 0.15) is 5.75 Å². The highest BCUT2D eigenvalue weighted by atomic mass is 16.5. The summed E-state index contributed by atoms with van der Waals surface area (Å²) in [5.41, 5.74) is 0. The van der Waals surface area contributed by atoms with E-state index in [0.717, 1.165) is 19.4 Å². The highest BCUT2D eigenvalue weighted by molar-refractivity contribution is 5.80. The van der Waals surface area contributed by atoms with Crippen LogP contribution in [0.25, 0.3) is 0 Å². The molecule has 0 saturated carbocycles. The highest BCUT2D eigenvalue weighted by Gasteiger charge is 2.19. The van der Waals surface area contributed by atoms with Gasteiger partial charge in [-0.25, -0.2) is 0 Å². The third-order valence-electron chi connectivity index (χ3n) is 2.95. The van der Waals surface area contributed by atoms with Gasteiger partial charge in [-0.1, -0.05) is 18.2 Å². The van der Waals surface area contributed by atoms with Gasteiger partial charge < -0.3 is 14.8 Å². The first-order chi connectivity index (χ1) is 8.75. The van der Waals surface area contributed by atoms with Gasteiger partial charge in [0.25, 0.3) is 5.91 Å². The van der Waals surface area contributed by atoms with Gasteiger partial charge in [0.2, 0.25) is 0 Å². The van der Waals surface area contributed by atoms with Crippen LogP contribution in [0.3, 0.4) is 0 Å². The Morgan fingerprint density at radius 3 is 2.94 bits per heavy atom. The Labute approximate surface area is 107 Å².